The molecule has 2 aromatic rings. The van der Waals surface area contributed by atoms with Gasteiger partial charge in [0, 0.05) is 5.92 Å². The van der Waals surface area contributed by atoms with Crippen LogP contribution in [0.5, 0.6) is 0 Å². The molecule has 4 nitrogen and oxygen atoms in total. The Morgan fingerprint density at radius 3 is 2.82 bits per heavy atom. The largest absolute Gasteiger partial charge is 0.277 e. The van der Waals surface area contributed by atoms with Gasteiger partial charge in [0.2, 0.25) is 0 Å². The van der Waals surface area contributed by atoms with Gasteiger partial charge >= 0.3 is 0 Å². The third-order valence-corrected chi connectivity index (χ3v) is 3.90. The van der Waals surface area contributed by atoms with Crippen molar-refractivity contribution in [3.8, 4) is 0 Å². The second-order valence-corrected chi connectivity index (χ2v) is 5.80. The Morgan fingerprint density at radius 2 is 2.12 bits per heavy atom. The van der Waals surface area contributed by atoms with E-state index in [9.17, 15) is 4.79 Å². The van der Waals surface area contributed by atoms with Gasteiger partial charge in [0.25, 0.3) is 5.56 Å². The quantitative estimate of drug-likeness (QED) is 0.784. The number of fused-ring (bicyclic) bond motifs is 1. The predicted octanol–water partition coefficient (Wildman–Crippen LogP) is 1.99. The Kier molecular flexibility index (Phi) is 2.38. The van der Waals surface area contributed by atoms with E-state index in [1.54, 1.807) is 18.2 Å². The first-order chi connectivity index (χ1) is 8.08. The standard InChI is InChI=1S/C11H9Cl2N3O/c12-11(13)5-7(11)6-16-10(17)8-3-1-2-4-9(8)14-15-16/h1-4,7H,5-6H2/t7-/m0/s1. The van der Waals surface area contributed by atoms with Crippen molar-refractivity contribution in [1.82, 2.24) is 15.0 Å². The van der Waals surface area contributed by atoms with Crippen LogP contribution in [0, 0.1) is 5.92 Å². The average Bonchev–Trinajstić information content (AvgIpc) is 2.91. The molecule has 0 N–H and O–H groups in total. The summed E-state index contributed by atoms with van der Waals surface area (Å²) in [5.41, 5.74) is 0.458. The maximum absolute atomic E-state index is 12.1. The molecule has 1 aromatic heterocycles. The summed E-state index contributed by atoms with van der Waals surface area (Å²) < 4.78 is 0.631. The number of nitrogens with zero attached hydrogens (tertiary/aromatic N) is 3. The molecular formula is C11H9Cl2N3O. The van der Waals surface area contributed by atoms with Gasteiger partial charge in [0.15, 0.2) is 0 Å². The van der Waals surface area contributed by atoms with Crippen LogP contribution >= 0.6 is 23.2 Å². The minimum Gasteiger partial charge on any atom is -0.267 e. The Labute approximate surface area is 107 Å². The van der Waals surface area contributed by atoms with E-state index in [4.69, 9.17) is 23.2 Å². The average molecular weight is 270 g/mol. The smallest absolute Gasteiger partial charge is 0.267 e. The molecule has 1 aliphatic carbocycles. The van der Waals surface area contributed by atoms with Gasteiger partial charge in [-0.1, -0.05) is 17.3 Å². The molecular weight excluding hydrogens is 261 g/mol. The molecule has 0 bridgehead atoms. The number of rotatable bonds is 2. The van der Waals surface area contributed by atoms with Crippen LogP contribution < -0.4 is 5.56 Å². The number of hydrogen-bond acceptors (Lipinski definition) is 3. The van der Waals surface area contributed by atoms with Crippen LogP contribution in [-0.4, -0.2) is 19.3 Å². The van der Waals surface area contributed by atoms with Gasteiger partial charge in [-0.15, -0.1) is 28.3 Å². The second kappa shape index (κ2) is 3.68. The van der Waals surface area contributed by atoms with Crippen molar-refractivity contribution in [2.45, 2.75) is 17.3 Å². The highest BCUT2D eigenvalue weighted by Crippen LogP contribution is 2.53. The van der Waals surface area contributed by atoms with Crippen LogP contribution in [0.3, 0.4) is 0 Å². The Hall–Kier alpha value is -1.13. The first-order valence-electron chi connectivity index (χ1n) is 5.28. The van der Waals surface area contributed by atoms with Crippen LogP contribution in [0.15, 0.2) is 29.1 Å². The summed E-state index contributed by atoms with van der Waals surface area (Å²) in [6.45, 7) is 0.420. The van der Waals surface area contributed by atoms with E-state index in [-0.39, 0.29) is 11.5 Å². The monoisotopic (exact) mass is 269 g/mol. The summed E-state index contributed by atoms with van der Waals surface area (Å²) in [5.74, 6) is 0.0824. The van der Waals surface area contributed by atoms with Crippen LogP contribution in [0.4, 0.5) is 0 Å². The van der Waals surface area contributed by atoms with E-state index >= 15 is 0 Å². The van der Waals surface area contributed by atoms with Crippen LogP contribution in [-0.2, 0) is 6.54 Å². The third kappa shape index (κ3) is 1.91. The van der Waals surface area contributed by atoms with E-state index < -0.39 is 4.33 Å². The highest BCUT2D eigenvalue weighted by atomic mass is 35.5. The van der Waals surface area contributed by atoms with Crippen LogP contribution in [0.2, 0.25) is 0 Å². The molecule has 0 saturated heterocycles. The second-order valence-electron chi connectivity index (χ2n) is 4.26. The summed E-state index contributed by atoms with van der Waals surface area (Å²) in [4.78, 5) is 12.1. The van der Waals surface area contributed by atoms with Gasteiger partial charge in [0.1, 0.15) is 9.85 Å². The zero-order valence-electron chi connectivity index (χ0n) is 8.81. The van der Waals surface area contributed by atoms with E-state index in [2.05, 4.69) is 10.3 Å². The minimum atomic E-state index is -0.702. The Morgan fingerprint density at radius 1 is 1.41 bits per heavy atom. The molecule has 1 aliphatic rings. The molecule has 6 heteroatoms. The fourth-order valence-electron chi connectivity index (χ4n) is 1.82. The maximum Gasteiger partial charge on any atom is 0.277 e. The Balaban J connectivity index is 2.01. The van der Waals surface area contributed by atoms with Gasteiger partial charge in [0.05, 0.1) is 11.9 Å². The molecule has 1 aromatic carbocycles. The summed E-state index contributed by atoms with van der Waals surface area (Å²) in [7, 11) is 0. The van der Waals surface area contributed by atoms with Crippen LogP contribution in [0.25, 0.3) is 10.9 Å². The lowest BCUT2D eigenvalue weighted by atomic mass is 10.2. The van der Waals surface area contributed by atoms with Gasteiger partial charge in [-0.05, 0) is 18.6 Å². The summed E-state index contributed by atoms with van der Waals surface area (Å²) in [6.07, 6.45) is 0.692. The highest BCUT2D eigenvalue weighted by Gasteiger charge is 2.51. The first kappa shape index (κ1) is 11.0. The molecule has 3 rings (SSSR count). The molecule has 0 amide bonds. The number of alkyl halides is 2. The molecule has 0 aliphatic heterocycles. The van der Waals surface area contributed by atoms with Crippen LogP contribution in [0.1, 0.15) is 6.42 Å². The molecule has 88 valence electrons. The Bertz CT molecular complexity index is 638. The number of hydrogen-bond donors (Lipinski definition) is 0. The van der Waals surface area contributed by atoms with E-state index in [1.807, 2.05) is 6.07 Å². The van der Waals surface area contributed by atoms with E-state index in [0.717, 1.165) is 0 Å². The van der Waals surface area contributed by atoms with Crippen molar-refractivity contribution in [2.75, 3.05) is 0 Å². The zero-order valence-corrected chi connectivity index (χ0v) is 10.3. The van der Waals surface area contributed by atoms with Crippen molar-refractivity contribution < 1.29 is 0 Å². The SMILES string of the molecule is O=c1c2ccccc2nnn1C[C@@H]1CC1(Cl)Cl. The van der Waals surface area contributed by atoms with Gasteiger partial charge < -0.3 is 0 Å². The van der Waals surface area contributed by atoms with Crippen molar-refractivity contribution in [3.05, 3.63) is 34.6 Å². The summed E-state index contributed by atoms with van der Waals surface area (Å²) >= 11 is 11.9. The molecule has 17 heavy (non-hydrogen) atoms. The van der Waals surface area contributed by atoms with Gasteiger partial charge in [-0.2, -0.15) is 0 Å². The third-order valence-electron chi connectivity index (χ3n) is 2.98. The summed E-state index contributed by atoms with van der Waals surface area (Å²) in [5, 5.41) is 8.45. The number of aromatic nitrogens is 3. The molecule has 0 radical (unpaired) electrons. The fraction of sp³-hybridized carbons (Fsp3) is 0.364. The number of benzene rings is 1. The highest BCUT2D eigenvalue weighted by molar-refractivity contribution is 6.50. The van der Waals surface area contributed by atoms with Crippen molar-refractivity contribution in [2.24, 2.45) is 5.92 Å². The first-order valence-corrected chi connectivity index (χ1v) is 6.04. The molecule has 0 unspecified atom stereocenters. The predicted molar refractivity (Wildman–Crippen MR) is 66.3 cm³/mol. The fourth-order valence-corrected chi connectivity index (χ4v) is 2.33. The van der Waals surface area contributed by atoms with E-state index in [1.165, 1.54) is 4.68 Å². The maximum atomic E-state index is 12.1. The molecule has 0 spiro atoms. The molecule has 1 atom stereocenters. The van der Waals surface area contributed by atoms with Crippen molar-refractivity contribution in [3.63, 3.8) is 0 Å². The number of halogens is 2. The molecule has 1 saturated carbocycles. The van der Waals surface area contributed by atoms with Crippen molar-refractivity contribution in [1.29, 1.82) is 0 Å². The lowest BCUT2D eigenvalue weighted by Crippen LogP contribution is -2.25. The molecule has 1 fully saturated rings. The minimum absolute atomic E-state index is 0.0824. The normalized spacial score (nSPS) is 21.6. The lowest BCUT2D eigenvalue weighted by molar-refractivity contribution is 0.508. The lowest BCUT2D eigenvalue weighted by Gasteiger charge is -2.04. The van der Waals surface area contributed by atoms with E-state index in [0.29, 0.717) is 23.9 Å². The zero-order chi connectivity index (χ0) is 12.0. The van der Waals surface area contributed by atoms with Crippen molar-refractivity contribution >= 4 is 34.1 Å². The van der Waals surface area contributed by atoms with Gasteiger partial charge in [-0.3, -0.25) is 4.79 Å². The molecule has 1 heterocycles. The summed E-state index contributed by atoms with van der Waals surface area (Å²) in [6, 6.07) is 7.13. The van der Waals surface area contributed by atoms with Gasteiger partial charge in [-0.25, -0.2) is 4.68 Å². The topological polar surface area (TPSA) is 47.8 Å².